The van der Waals surface area contributed by atoms with E-state index in [0.717, 1.165) is 29.6 Å². The van der Waals surface area contributed by atoms with Crippen molar-refractivity contribution >= 4 is 16.7 Å². The Kier molecular flexibility index (Phi) is 3.98. The first-order chi connectivity index (χ1) is 13.7. The highest BCUT2D eigenvalue weighted by molar-refractivity contribution is 5.98. The van der Waals surface area contributed by atoms with Crippen LogP contribution in [-0.4, -0.2) is 32.7 Å². The molecule has 0 saturated heterocycles. The molecule has 0 fully saturated rings. The number of hydrogen-bond donors (Lipinski definition) is 0. The molecule has 1 aliphatic heterocycles. The van der Waals surface area contributed by atoms with Gasteiger partial charge in [-0.15, -0.1) is 0 Å². The highest BCUT2D eigenvalue weighted by Crippen LogP contribution is 2.24. The van der Waals surface area contributed by atoms with E-state index in [1.54, 1.807) is 12.4 Å². The molecule has 0 atom stereocenters. The van der Waals surface area contributed by atoms with Gasteiger partial charge in [0.2, 0.25) is 0 Å². The smallest absolute Gasteiger partial charge is 0.181 e. The van der Waals surface area contributed by atoms with Gasteiger partial charge in [0.05, 0.1) is 23.8 Å². The molecule has 138 valence electrons. The molecule has 0 saturated carbocycles. The zero-order valence-corrected chi connectivity index (χ0v) is 15.4. The first-order valence-corrected chi connectivity index (χ1v) is 9.14. The lowest BCUT2D eigenvalue weighted by Crippen LogP contribution is -2.07. The van der Waals surface area contributed by atoms with Crippen molar-refractivity contribution in [2.24, 2.45) is 0 Å². The van der Waals surface area contributed by atoms with Crippen LogP contribution in [0.2, 0.25) is 0 Å². The van der Waals surface area contributed by atoms with E-state index in [2.05, 4.69) is 33.0 Å². The van der Waals surface area contributed by atoms with Gasteiger partial charge in [0.15, 0.2) is 17.9 Å². The van der Waals surface area contributed by atoms with Crippen LogP contribution in [0, 0.1) is 0 Å². The maximum Gasteiger partial charge on any atom is 0.181 e. The number of hydrogen-bond acceptors (Lipinski definition) is 6. The summed E-state index contributed by atoms with van der Waals surface area (Å²) in [6.45, 7) is 1.83. The predicted molar refractivity (Wildman–Crippen MR) is 105 cm³/mol. The largest absolute Gasteiger partial charge is 0.442 e. The quantitative estimate of drug-likeness (QED) is 0.511. The van der Waals surface area contributed by atoms with Crippen LogP contribution < -0.4 is 0 Å². The van der Waals surface area contributed by atoms with Gasteiger partial charge >= 0.3 is 0 Å². The van der Waals surface area contributed by atoms with Crippen LogP contribution in [-0.2, 0) is 19.5 Å². The standard InChI is InChI=1S/C22H18N4O2/c1-26-11-16-3-2-14(6-17(16)12-26)21(27)8-18-7-20-15(9-24-18)4-5-19(25-20)22-10-23-13-28-22/h2-7,9-10,13H,8,11-12H2,1H3. The van der Waals surface area contributed by atoms with Gasteiger partial charge in [-0.25, -0.2) is 9.97 Å². The molecule has 28 heavy (non-hydrogen) atoms. The number of Topliss-reactive ketones (excluding diaryl/α,β-unsaturated/α-hetero) is 1. The fourth-order valence-corrected chi connectivity index (χ4v) is 3.64. The summed E-state index contributed by atoms with van der Waals surface area (Å²) in [6.07, 6.45) is 5.02. The van der Waals surface area contributed by atoms with Crippen molar-refractivity contribution in [3.63, 3.8) is 0 Å². The summed E-state index contributed by atoms with van der Waals surface area (Å²) in [5.74, 6) is 0.676. The van der Waals surface area contributed by atoms with Crippen molar-refractivity contribution in [1.82, 2.24) is 19.9 Å². The number of ketones is 1. The fraction of sp³-hybridized carbons (Fsp3) is 0.182. The van der Waals surface area contributed by atoms with Crippen LogP contribution in [0.3, 0.4) is 0 Å². The number of carbonyl (C=O) groups excluding carboxylic acids is 1. The Labute approximate surface area is 161 Å². The average molecular weight is 370 g/mol. The Morgan fingerprint density at radius 3 is 2.86 bits per heavy atom. The molecule has 0 amide bonds. The molecule has 0 unspecified atom stereocenters. The van der Waals surface area contributed by atoms with Crippen molar-refractivity contribution in [3.05, 3.63) is 77.6 Å². The molecule has 1 aromatic carbocycles. The number of nitrogens with zero attached hydrogens (tertiary/aromatic N) is 4. The molecule has 5 rings (SSSR count). The molecule has 0 N–H and O–H groups in total. The zero-order valence-electron chi connectivity index (χ0n) is 15.4. The minimum Gasteiger partial charge on any atom is -0.442 e. The molecule has 0 spiro atoms. The average Bonchev–Trinajstić information content (AvgIpc) is 3.35. The third-order valence-corrected chi connectivity index (χ3v) is 5.07. The Balaban J connectivity index is 1.42. The molecule has 0 radical (unpaired) electrons. The summed E-state index contributed by atoms with van der Waals surface area (Å²) in [5, 5.41) is 0.917. The second kappa shape index (κ2) is 6.65. The molecule has 1 aliphatic rings. The minimum absolute atomic E-state index is 0.0654. The van der Waals surface area contributed by atoms with Gasteiger partial charge in [-0.05, 0) is 42.4 Å². The SMILES string of the molecule is CN1Cc2ccc(C(=O)Cc3cc4nc(-c5cnco5)ccc4cn3)cc2C1. The molecule has 0 bridgehead atoms. The molecule has 4 aromatic rings. The van der Waals surface area contributed by atoms with Crippen LogP contribution in [0.5, 0.6) is 0 Å². The Hall–Kier alpha value is -3.38. The number of carbonyl (C=O) groups is 1. The third-order valence-electron chi connectivity index (χ3n) is 5.07. The lowest BCUT2D eigenvalue weighted by molar-refractivity contribution is 0.0992. The lowest BCUT2D eigenvalue weighted by atomic mass is 10.0. The Morgan fingerprint density at radius 1 is 1.11 bits per heavy atom. The first-order valence-electron chi connectivity index (χ1n) is 9.14. The van der Waals surface area contributed by atoms with Crippen molar-refractivity contribution in [1.29, 1.82) is 0 Å². The maximum atomic E-state index is 12.8. The molecular formula is C22H18N4O2. The van der Waals surface area contributed by atoms with E-state index in [1.165, 1.54) is 17.5 Å². The summed E-state index contributed by atoms with van der Waals surface area (Å²) < 4.78 is 5.32. The number of rotatable bonds is 4. The number of fused-ring (bicyclic) bond motifs is 2. The molecular weight excluding hydrogens is 352 g/mol. The van der Waals surface area contributed by atoms with Gasteiger partial charge in [0.1, 0.15) is 5.69 Å². The predicted octanol–water partition coefficient (Wildman–Crippen LogP) is 3.66. The fourth-order valence-electron chi connectivity index (χ4n) is 3.64. The van der Waals surface area contributed by atoms with Crippen LogP contribution in [0.1, 0.15) is 27.2 Å². The second-order valence-corrected chi connectivity index (χ2v) is 7.19. The molecule has 6 heteroatoms. The monoisotopic (exact) mass is 370 g/mol. The van der Waals surface area contributed by atoms with Gasteiger partial charge < -0.3 is 4.42 Å². The summed E-state index contributed by atoms with van der Waals surface area (Å²) >= 11 is 0. The van der Waals surface area contributed by atoms with Crippen molar-refractivity contribution in [2.45, 2.75) is 19.5 Å². The van der Waals surface area contributed by atoms with Crippen LogP contribution >= 0.6 is 0 Å². The van der Waals surface area contributed by atoms with Crippen molar-refractivity contribution in [2.75, 3.05) is 7.05 Å². The molecule has 6 nitrogen and oxygen atoms in total. The highest BCUT2D eigenvalue weighted by Gasteiger charge is 2.18. The molecule has 3 aromatic heterocycles. The summed E-state index contributed by atoms with van der Waals surface area (Å²) in [7, 11) is 2.08. The highest BCUT2D eigenvalue weighted by atomic mass is 16.3. The second-order valence-electron chi connectivity index (χ2n) is 7.19. The molecule has 4 heterocycles. The van der Waals surface area contributed by atoms with Crippen LogP contribution in [0.15, 0.2) is 59.6 Å². The first kappa shape index (κ1) is 16.8. The third kappa shape index (κ3) is 3.08. The van der Waals surface area contributed by atoms with Gasteiger partial charge in [0.25, 0.3) is 0 Å². The van der Waals surface area contributed by atoms with Crippen LogP contribution in [0.4, 0.5) is 0 Å². The van der Waals surface area contributed by atoms with Crippen molar-refractivity contribution in [3.8, 4) is 11.5 Å². The van der Waals surface area contributed by atoms with Crippen molar-refractivity contribution < 1.29 is 9.21 Å². The zero-order chi connectivity index (χ0) is 19.1. The van der Waals surface area contributed by atoms with E-state index in [4.69, 9.17) is 4.42 Å². The lowest BCUT2D eigenvalue weighted by Gasteiger charge is -2.06. The van der Waals surface area contributed by atoms with Gasteiger partial charge in [-0.1, -0.05) is 12.1 Å². The van der Waals surface area contributed by atoms with E-state index in [-0.39, 0.29) is 12.2 Å². The molecule has 0 aliphatic carbocycles. The normalized spacial score (nSPS) is 13.8. The number of oxazole rings is 1. The maximum absolute atomic E-state index is 12.8. The summed E-state index contributed by atoms with van der Waals surface area (Å²) in [6, 6.07) is 11.7. The van der Waals surface area contributed by atoms with E-state index < -0.39 is 0 Å². The Bertz CT molecular complexity index is 1180. The topological polar surface area (TPSA) is 72.1 Å². The van der Waals surface area contributed by atoms with Gasteiger partial charge in [-0.3, -0.25) is 14.7 Å². The Morgan fingerprint density at radius 2 is 2.00 bits per heavy atom. The summed E-state index contributed by atoms with van der Waals surface area (Å²) in [4.78, 5) is 28.0. The number of aromatic nitrogens is 3. The summed E-state index contributed by atoms with van der Waals surface area (Å²) in [5.41, 5.74) is 5.46. The number of pyridine rings is 2. The number of benzene rings is 1. The minimum atomic E-state index is 0.0654. The van der Waals surface area contributed by atoms with Gasteiger partial charge in [0, 0.05) is 30.2 Å². The van der Waals surface area contributed by atoms with Crippen LogP contribution in [0.25, 0.3) is 22.4 Å². The van der Waals surface area contributed by atoms with E-state index in [0.29, 0.717) is 17.1 Å². The van der Waals surface area contributed by atoms with E-state index >= 15 is 0 Å². The van der Waals surface area contributed by atoms with E-state index in [1.807, 2.05) is 30.3 Å². The van der Waals surface area contributed by atoms with E-state index in [9.17, 15) is 4.79 Å². The van der Waals surface area contributed by atoms with Gasteiger partial charge in [-0.2, -0.15) is 0 Å².